The standard InChI is InChI=1S/C14H17N3O/c1-2-13(15)14(18)16-11-6-5-7-12(10-11)17-8-3-4-9-17/h3-10,13H,2,15H2,1H3,(H,16,18). The average Bonchev–Trinajstić information content (AvgIpc) is 2.92. The number of nitrogens with zero attached hydrogens (tertiary/aromatic N) is 1. The van der Waals surface area contributed by atoms with Gasteiger partial charge in [-0.3, -0.25) is 4.79 Å². The summed E-state index contributed by atoms with van der Waals surface area (Å²) in [4.78, 5) is 11.7. The summed E-state index contributed by atoms with van der Waals surface area (Å²) in [6, 6.07) is 11.1. The molecule has 1 heterocycles. The monoisotopic (exact) mass is 243 g/mol. The Labute approximate surface area is 106 Å². The third-order valence-electron chi connectivity index (χ3n) is 2.79. The SMILES string of the molecule is CCC(N)C(=O)Nc1cccc(-n2cccc2)c1. The largest absolute Gasteiger partial charge is 0.325 e. The highest BCUT2D eigenvalue weighted by atomic mass is 16.2. The number of hydrogen-bond acceptors (Lipinski definition) is 2. The summed E-state index contributed by atoms with van der Waals surface area (Å²) in [5.74, 6) is -0.151. The summed E-state index contributed by atoms with van der Waals surface area (Å²) in [7, 11) is 0. The van der Waals surface area contributed by atoms with Gasteiger partial charge in [0.1, 0.15) is 0 Å². The van der Waals surface area contributed by atoms with Gasteiger partial charge < -0.3 is 15.6 Å². The molecule has 2 rings (SSSR count). The fourth-order valence-corrected chi connectivity index (χ4v) is 1.67. The second-order valence-electron chi connectivity index (χ2n) is 4.14. The van der Waals surface area contributed by atoms with Crippen LogP contribution in [0.3, 0.4) is 0 Å². The van der Waals surface area contributed by atoms with E-state index in [1.165, 1.54) is 0 Å². The molecule has 0 aliphatic rings. The van der Waals surface area contributed by atoms with Gasteiger partial charge >= 0.3 is 0 Å². The average molecular weight is 243 g/mol. The highest BCUT2D eigenvalue weighted by Crippen LogP contribution is 2.15. The van der Waals surface area contributed by atoms with Gasteiger partial charge in [0.05, 0.1) is 6.04 Å². The van der Waals surface area contributed by atoms with Gasteiger partial charge in [-0.15, -0.1) is 0 Å². The fourth-order valence-electron chi connectivity index (χ4n) is 1.67. The highest BCUT2D eigenvalue weighted by Gasteiger charge is 2.10. The lowest BCUT2D eigenvalue weighted by atomic mass is 10.2. The minimum absolute atomic E-state index is 0.151. The molecular weight excluding hydrogens is 226 g/mol. The van der Waals surface area contributed by atoms with E-state index >= 15 is 0 Å². The lowest BCUT2D eigenvalue weighted by molar-refractivity contribution is -0.117. The number of amides is 1. The zero-order valence-corrected chi connectivity index (χ0v) is 10.3. The van der Waals surface area contributed by atoms with E-state index in [2.05, 4.69) is 5.32 Å². The Hall–Kier alpha value is -2.07. The van der Waals surface area contributed by atoms with Crippen LogP contribution >= 0.6 is 0 Å². The first-order valence-corrected chi connectivity index (χ1v) is 6.00. The number of carbonyl (C=O) groups is 1. The van der Waals surface area contributed by atoms with Crippen molar-refractivity contribution in [2.75, 3.05) is 5.32 Å². The molecule has 1 aromatic heterocycles. The Morgan fingerprint density at radius 2 is 2.06 bits per heavy atom. The molecule has 0 bridgehead atoms. The minimum Gasteiger partial charge on any atom is -0.325 e. The molecule has 0 saturated carbocycles. The highest BCUT2D eigenvalue weighted by molar-refractivity contribution is 5.94. The van der Waals surface area contributed by atoms with Gasteiger partial charge in [-0.2, -0.15) is 0 Å². The van der Waals surface area contributed by atoms with E-state index in [-0.39, 0.29) is 5.91 Å². The molecule has 4 nitrogen and oxygen atoms in total. The summed E-state index contributed by atoms with van der Waals surface area (Å²) < 4.78 is 1.98. The molecular formula is C14H17N3O. The number of aromatic nitrogens is 1. The molecule has 0 fully saturated rings. The molecule has 0 saturated heterocycles. The predicted octanol–water partition coefficient (Wildman–Crippen LogP) is 2.15. The quantitative estimate of drug-likeness (QED) is 0.864. The molecule has 0 spiro atoms. The zero-order chi connectivity index (χ0) is 13.0. The topological polar surface area (TPSA) is 60.1 Å². The summed E-state index contributed by atoms with van der Waals surface area (Å²) >= 11 is 0. The van der Waals surface area contributed by atoms with Crippen molar-refractivity contribution < 1.29 is 4.79 Å². The molecule has 1 atom stereocenters. The van der Waals surface area contributed by atoms with Crippen LogP contribution < -0.4 is 11.1 Å². The second-order valence-corrected chi connectivity index (χ2v) is 4.14. The molecule has 1 aromatic carbocycles. The third-order valence-corrected chi connectivity index (χ3v) is 2.79. The molecule has 0 radical (unpaired) electrons. The maximum atomic E-state index is 11.7. The Morgan fingerprint density at radius 3 is 2.72 bits per heavy atom. The maximum Gasteiger partial charge on any atom is 0.241 e. The lowest BCUT2D eigenvalue weighted by Gasteiger charge is -2.11. The summed E-state index contributed by atoms with van der Waals surface area (Å²) in [5.41, 5.74) is 7.44. The number of carbonyl (C=O) groups excluding carboxylic acids is 1. The van der Waals surface area contributed by atoms with Crippen LogP contribution in [0.2, 0.25) is 0 Å². The molecule has 3 N–H and O–H groups in total. The number of nitrogens with one attached hydrogen (secondary N) is 1. The van der Waals surface area contributed by atoms with Crippen molar-refractivity contribution in [2.24, 2.45) is 5.73 Å². The van der Waals surface area contributed by atoms with Gasteiger partial charge in [0.2, 0.25) is 5.91 Å². The van der Waals surface area contributed by atoms with E-state index in [9.17, 15) is 4.79 Å². The van der Waals surface area contributed by atoms with E-state index in [0.717, 1.165) is 11.4 Å². The first-order chi connectivity index (χ1) is 8.70. The molecule has 1 unspecified atom stereocenters. The molecule has 1 amide bonds. The molecule has 2 aromatic rings. The van der Waals surface area contributed by atoms with Crippen molar-refractivity contribution in [3.63, 3.8) is 0 Å². The Bertz CT molecular complexity index is 520. The predicted molar refractivity (Wildman–Crippen MR) is 72.7 cm³/mol. The van der Waals surface area contributed by atoms with Gasteiger partial charge in [0.15, 0.2) is 0 Å². The fraction of sp³-hybridized carbons (Fsp3) is 0.214. The normalized spacial score (nSPS) is 12.1. The Kier molecular flexibility index (Phi) is 3.79. The van der Waals surface area contributed by atoms with Crippen LogP contribution in [-0.2, 0) is 4.79 Å². The lowest BCUT2D eigenvalue weighted by Crippen LogP contribution is -2.34. The van der Waals surface area contributed by atoms with E-state index in [1.54, 1.807) is 0 Å². The van der Waals surface area contributed by atoms with Crippen molar-refractivity contribution in [2.45, 2.75) is 19.4 Å². The summed E-state index contributed by atoms with van der Waals surface area (Å²) in [6.45, 7) is 1.89. The smallest absolute Gasteiger partial charge is 0.241 e. The van der Waals surface area contributed by atoms with E-state index in [0.29, 0.717) is 6.42 Å². The molecule has 0 aliphatic heterocycles. The van der Waals surface area contributed by atoms with Crippen molar-refractivity contribution in [1.29, 1.82) is 0 Å². The molecule has 94 valence electrons. The van der Waals surface area contributed by atoms with E-state index in [1.807, 2.05) is 60.3 Å². The van der Waals surface area contributed by atoms with Crippen LogP contribution in [0.1, 0.15) is 13.3 Å². The van der Waals surface area contributed by atoms with Crippen molar-refractivity contribution in [3.05, 3.63) is 48.8 Å². The number of nitrogens with two attached hydrogens (primary N) is 1. The van der Waals surface area contributed by atoms with Gasteiger partial charge in [-0.25, -0.2) is 0 Å². The Morgan fingerprint density at radius 1 is 1.33 bits per heavy atom. The first kappa shape index (κ1) is 12.4. The Balaban J connectivity index is 2.16. The van der Waals surface area contributed by atoms with Crippen LogP contribution in [0.5, 0.6) is 0 Å². The maximum absolute atomic E-state index is 11.7. The molecule has 0 aliphatic carbocycles. The van der Waals surface area contributed by atoms with Gasteiger partial charge in [0.25, 0.3) is 0 Å². The van der Waals surface area contributed by atoms with Crippen molar-refractivity contribution in [1.82, 2.24) is 4.57 Å². The summed E-state index contributed by atoms with van der Waals surface area (Å²) in [6.07, 6.45) is 4.54. The summed E-state index contributed by atoms with van der Waals surface area (Å²) in [5, 5.41) is 2.82. The van der Waals surface area contributed by atoms with Gasteiger partial charge in [-0.05, 0) is 36.8 Å². The van der Waals surface area contributed by atoms with Crippen molar-refractivity contribution >= 4 is 11.6 Å². The van der Waals surface area contributed by atoms with Gasteiger partial charge in [-0.1, -0.05) is 13.0 Å². The minimum atomic E-state index is -0.458. The van der Waals surface area contributed by atoms with Crippen molar-refractivity contribution in [3.8, 4) is 5.69 Å². The number of rotatable bonds is 4. The molecule has 4 heteroatoms. The first-order valence-electron chi connectivity index (χ1n) is 6.00. The van der Waals surface area contributed by atoms with E-state index < -0.39 is 6.04 Å². The van der Waals surface area contributed by atoms with Crippen LogP contribution in [0, 0.1) is 0 Å². The van der Waals surface area contributed by atoms with Crippen LogP contribution in [-0.4, -0.2) is 16.5 Å². The zero-order valence-electron chi connectivity index (χ0n) is 10.3. The number of benzene rings is 1. The van der Waals surface area contributed by atoms with Crippen LogP contribution in [0.15, 0.2) is 48.8 Å². The number of hydrogen-bond donors (Lipinski definition) is 2. The van der Waals surface area contributed by atoms with Gasteiger partial charge in [0, 0.05) is 23.8 Å². The second kappa shape index (κ2) is 5.51. The number of anilines is 1. The molecule has 18 heavy (non-hydrogen) atoms. The van der Waals surface area contributed by atoms with Crippen LogP contribution in [0.25, 0.3) is 5.69 Å². The van der Waals surface area contributed by atoms with E-state index in [4.69, 9.17) is 5.73 Å². The third kappa shape index (κ3) is 2.78. The van der Waals surface area contributed by atoms with Crippen LogP contribution in [0.4, 0.5) is 5.69 Å².